The van der Waals surface area contributed by atoms with Gasteiger partial charge in [-0.05, 0) is 52.4 Å². The van der Waals surface area contributed by atoms with E-state index in [1.54, 1.807) is 0 Å². The van der Waals surface area contributed by atoms with E-state index in [0.717, 1.165) is 70.0 Å². The van der Waals surface area contributed by atoms with Gasteiger partial charge < -0.3 is 9.47 Å². The Labute approximate surface area is 173 Å². The van der Waals surface area contributed by atoms with Crippen molar-refractivity contribution in [2.75, 3.05) is 46.3 Å². The Balaban J connectivity index is 1.44. The number of piperazine rings is 1. The number of imidazole rings is 1. The lowest BCUT2D eigenvalue weighted by Gasteiger charge is -2.38. The molecule has 4 rings (SSSR count). The van der Waals surface area contributed by atoms with Crippen LogP contribution in [0.15, 0.2) is 24.3 Å². The minimum absolute atomic E-state index is 0.113. The molecular weight excluding hydrogens is 364 g/mol. The Bertz CT molecular complexity index is 839. The summed E-state index contributed by atoms with van der Waals surface area (Å²) in [6, 6.07) is 8.73. The molecule has 2 aliphatic rings. The van der Waals surface area contributed by atoms with Crippen molar-refractivity contribution < 1.29 is 4.79 Å². The van der Waals surface area contributed by atoms with Crippen LogP contribution >= 0.6 is 0 Å². The zero-order chi connectivity index (χ0) is 20.4. The molecule has 2 aromatic rings. The van der Waals surface area contributed by atoms with E-state index in [0.29, 0.717) is 11.9 Å². The van der Waals surface area contributed by atoms with E-state index >= 15 is 0 Å². The highest BCUT2D eigenvalue weighted by molar-refractivity contribution is 5.79. The second kappa shape index (κ2) is 8.81. The van der Waals surface area contributed by atoms with Crippen LogP contribution in [0.1, 0.15) is 38.6 Å². The summed E-state index contributed by atoms with van der Waals surface area (Å²) in [4.78, 5) is 22.5. The maximum Gasteiger partial charge on any atom is 0.227 e. The van der Waals surface area contributed by atoms with Gasteiger partial charge in [0.15, 0.2) is 0 Å². The molecule has 0 unspecified atom stereocenters. The molecule has 1 aromatic heterocycles. The van der Waals surface area contributed by atoms with Gasteiger partial charge in [0.2, 0.25) is 5.91 Å². The molecule has 1 amide bonds. The number of amides is 1. The monoisotopic (exact) mass is 398 g/mol. The van der Waals surface area contributed by atoms with Gasteiger partial charge in [0.25, 0.3) is 0 Å². The van der Waals surface area contributed by atoms with E-state index in [4.69, 9.17) is 4.98 Å². The van der Waals surface area contributed by atoms with Crippen molar-refractivity contribution in [2.45, 2.75) is 39.3 Å². The van der Waals surface area contributed by atoms with Crippen LogP contribution in [0.5, 0.6) is 0 Å². The van der Waals surface area contributed by atoms with E-state index in [1.807, 2.05) is 13.1 Å². The number of rotatable bonds is 5. The van der Waals surface area contributed by atoms with Crippen molar-refractivity contribution in [1.82, 2.24) is 29.8 Å². The lowest BCUT2D eigenvalue weighted by molar-refractivity contribution is -0.139. The van der Waals surface area contributed by atoms with Gasteiger partial charge in [-0.1, -0.05) is 12.1 Å². The summed E-state index contributed by atoms with van der Waals surface area (Å²) in [6.07, 6.45) is 2.08. The molecule has 0 saturated carbocycles. The standard InChI is InChI=1S/C22H34N6O/c1-17(2)28-20-9-5-4-8-19(20)24-21(28)16-25-10-6-7-18(15-25)22(29)26-11-13-27(23-3)14-12-26/h4-5,8-9,17-18,23H,6-7,10-16H2,1-3H3/t18-/m1/s1. The first-order valence-corrected chi connectivity index (χ1v) is 11.0. The lowest BCUT2D eigenvalue weighted by Crippen LogP contribution is -2.54. The summed E-state index contributed by atoms with van der Waals surface area (Å²) < 4.78 is 2.34. The quantitative estimate of drug-likeness (QED) is 0.836. The van der Waals surface area contributed by atoms with Crippen molar-refractivity contribution in [1.29, 1.82) is 0 Å². The number of hydrazine groups is 1. The summed E-state index contributed by atoms with van der Waals surface area (Å²) in [5.74, 6) is 1.56. The molecule has 1 N–H and O–H groups in total. The van der Waals surface area contributed by atoms with Gasteiger partial charge in [0, 0.05) is 38.8 Å². The highest BCUT2D eigenvalue weighted by Crippen LogP contribution is 2.25. The predicted octanol–water partition coefficient (Wildman–Crippen LogP) is 2.11. The Kier molecular flexibility index (Phi) is 6.18. The summed E-state index contributed by atoms with van der Waals surface area (Å²) in [7, 11) is 1.95. The van der Waals surface area contributed by atoms with Crippen molar-refractivity contribution in [2.24, 2.45) is 5.92 Å². The number of fused-ring (bicyclic) bond motifs is 1. The molecule has 29 heavy (non-hydrogen) atoms. The largest absolute Gasteiger partial charge is 0.340 e. The number of hydrogen-bond acceptors (Lipinski definition) is 5. The Morgan fingerprint density at radius 3 is 2.66 bits per heavy atom. The maximum absolute atomic E-state index is 13.1. The molecular formula is C22H34N6O. The average Bonchev–Trinajstić information content (AvgIpc) is 3.11. The Morgan fingerprint density at radius 1 is 1.17 bits per heavy atom. The Morgan fingerprint density at radius 2 is 1.93 bits per heavy atom. The fraction of sp³-hybridized carbons (Fsp3) is 0.636. The van der Waals surface area contributed by atoms with Crippen LogP contribution in [0.2, 0.25) is 0 Å². The second-order valence-corrected chi connectivity index (χ2v) is 8.59. The van der Waals surface area contributed by atoms with Gasteiger partial charge in [0.05, 0.1) is 23.5 Å². The Hall–Kier alpha value is -1.96. The van der Waals surface area contributed by atoms with E-state index in [9.17, 15) is 4.79 Å². The molecule has 7 heteroatoms. The fourth-order valence-electron chi connectivity index (χ4n) is 4.79. The lowest BCUT2D eigenvalue weighted by atomic mass is 9.96. The summed E-state index contributed by atoms with van der Waals surface area (Å²) >= 11 is 0. The SMILES string of the molecule is CNN1CCN(C(=O)[C@@H]2CCCN(Cc3nc4ccccc4n3C(C)C)C2)CC1. The van der Waals surface area contributed by atoms with Crippen LogP contribution in [0.3, 0.4) is 0 Å². The first kappa shape index (κ1) is 20.3. The smallest absolute Gasteiger partial charge is 0.227 e. The third-order valence-corrected chi connectivity index (χ3v) is 6.31. The molecule has 0 aliphatic carbocycles. The van der Waals surface area contributed by atoms with Gasteiger partial charge in [-0.2, -0.15) is 0 Å². The van der Waals surface area contributed by atoms with Crippen LogP contribution in [-0.4, -0.2) is 76.6 Å². The van der Waals surface area contributed by atoms with Crippen LogP contribution in [0, 0.1) is 5.92 Å². The number of carbonyl (C=O) groups is 1. The fourth-order valence-corrected chi connectivity index (χ4v) is 4.79. The van der Waals surface area contributed by atoms with Crippen LogP contribution < -0.4 is 5.43 Å². The van der Waals surface area contributed by atoms with Gasteiger partial charge >= 0.3 is 0 Å². The molecule has 158 valence electrons. The summed E-state index contributed by atoms with van der Waals surface area (Å²) in [6.45, 7) is 10.6. The molecule has 3 heterocycles. The molecule has 0 radical (unpaired) electrons. The van der Waals surface area contributed by atoms with Crippen LogP contribution in [0.4, 0.5) is 0 Å². The first-order valence-electron chi connectivity index (χ1n) is 11.0. The molecule has 1 aromatic carbocycles. The first-order chi connectivity index (χ1) is 14.1. The van der Waals surface area contributed by atoms with Crippen molar-refractivity contribution >= 4 is 16.9 Å². The number of para-hydroxylation sites is 2. The average molecular weight is 399 g/mol. The maximum atomic E-state index is 13.1. The van der Waals surface area contributed by atoms with Crippen molar-refractivity contribution in [3.05, 3.63) is 30.1 Å². The number of piperidine rings is 1. The zero-order valence-corrected chi connectivity index (χ0v) is 18.0. The third kappa shape index (κ3) is 4.32. The molecule has 0 bridgehead atoms. The second-order valence-electron chi connectivity index (χ2n) is 8.59. The summed E-state index contributed by atoms with van der Waals surface area (Å²) in [5, 5.41) is 2.17. The van der Waals surface area contributed by atoms with Gasteiger partial charge in [-0.15, -0.1) is 0 Å². The number of nitrogens with one attached hydrogen (secondary N) is 1. The van der Waals surface area contributed by atoms with Crippen molar-refractivity contribution in [3.8, 4) is 0 Å². The van der Waals surface area contributed by atoms with E-state index in [2.05, 4.69) is 56.8 Å². The number of likely N-dealkylation sites (tertiary alicyclic amines) is 1. The highest BCUT2D eigenvalue weighted by Gasteiger charge is 2.31. The number of benzene rings is 1. The minimum atomic E-state index is 0.113. The molecule has 2 saturated heterocycles. The molecule has 1 atom stereocenters. The zero-order valence-electron chi connectivity index (χ0n) is 18.0. The number of aromatic nitrogens is 2. The normalized spacial score (nSPS) is 21.9. The van der Waals surface area contributed by atoms with Gasteiger partial charge in [0.1, 0.15) is 5.82 Å². The van der Waals surface area contributed by atoms with Gasteiger partial charge in [-0.25, -0.2) is 9.99 Å². The van der Waals surface area contributed by atoms with Crippen LogP contribution in [0.25, 0.3) is 11.0 Å². The van der Waals surface area contributed by atoms with E-state index in [-0.39, 0.29) is 5.92 Å². The highest BCUT2D eigenvalue weighted by atomic mass is 16.2. The van der Waals surface area contributed by atoms with Crippen LogP contribution in [-0.2, 0) is 11.3 Å². The minimum Gasteiger partial charge on any atom is -0.340 e. The molecule has 0 spiro atoms. The summed E-state index contributed by atoms with van der Waals surface area (Å²) in [5.41, 5.74) is 5.44. The molecule has 2 aliphatic heterocycles. The number of hydrogen-bond donors (Lipinski definition) is 1. The topological polar surface area (TPSA) is 56.6 Å². The number of carbonyl (C=O) groups excluding carboxylic acids is 1. The van der Waals surface area contributed by atoms with E-state index in [1.165, 1.54) is 5.52 Å². The molecule has 2 fully saturated rings. The van der Waals surface area contributed by atoms with E-state index < -0.39 is 0 Å². The third-order valence-electron chi connectivity index (χ3n) is 6.31. The van der Waals surface area contributed by atoms with Crippen molar-refractivity contribution in [3.63, 3.8) is 0 Å². The molecule has 7 nitrogen and oxygen atoms in total. The predicted molar refractivity (Wildman–Crippen MR) is 115 cm³/mol. The van der Waals surface area contributed by atoms with Gasteiger partial charge in [-0.3, -0.25) is 15.1 Å². The number of nitrogens with zero attached hydrogens (tertiary/aromatic N) is 5.